The Balaban J connectivity index is 2.21. The van der Waals surface area contributed by atoms with E-state index < -0.39 is 27.6 Å². The third-order valence-electron chi connectivity index (χ3n) is 3.13. The summed E-state index contributed by atoms with van der Waals surface area (Å²) in [6.07, 6.45) is 0. The van der Waals surface area contributed by atoms with Crippen LogP contribution in [0.3, 0.4) is 0 Å². The van der Waals surface area contributed by atoms with E-state index in [1.807, 2.05) is 0 Å². The van der Waals surface area contributed by atoms with Gasteiger partial charge in [0.1, 0.15) is 5.82 Å². The molecule has 0 fully saturated rings. The highest BCUT2D eigenvalue weighted by atomic mass is 35.5. The number of hydrogen-bond donors (Lipinski definition) is 1. The fraction of sp³-hybridized carbons (Fsp3) is 0.188. The number of rotatable bonds is 6. The second-order valence-corrected chi connectivity index (χ2v) is 7.51. The Kier molecular flexibility index (Phi) is 6.26. The molecule has 0 aliphatic carbocycles. The van der Waals surface area contributed by atoms with E-state index in [9.17, 15) is 17.6 Å². The Morgan fingerprint density at radius 2 is 1.92 bits per heavy atom. The Morgan fingerprint density at radius 3 is 2.52 bits per heavy atom. The quantitative estimate of drug-likeness (QED) is 0.728. The summed E-state index contributed by atoms with van der Waals surface area (Å²) >= 11 is 11.8. The third-order valence-corrected chi connectivity index (χ3v) is 5.02. The maximum absolute atomic E-state index is 13.7. The van der Waals surface area contributed by atoms with E-state index in [2.05, 4.69) is 4.72 Å². The van der Waals surface area contributed by atoms with Crippen molar-refractivity contribution in [2.45, 2.75) is 12.7 Å². The molecule has 0 saturated carbocycles. The van der Waals surface area contributed by atoms with Crippen LogP contribution in [-0.2, 0) is 20.5 Å². The second-order valence-electron chi connectivity index (χ2n) is 4.98. The third kappa shape index (κ3) is 5.07. The van der Waals surface area contributed by atoms with E-state index >= 15 is 0 Å². The molecule has 0 aliphatic rings. The van der Waals surface area contributed by atoms with Crippen LogP contribution in [0, 0.1) is 5.82 Å². The Hall–Kier alpha value is -1.83. The van der Waals surface area contributed by atoms with Crippen LogP contribution in [0.15, 0.2) is 36.4 Å². The van der Waals surface area contributed by atoms with Crippen LogP contribution in [0.25, 0.3) is 0 Å². The standard InChI is InChI=1S/C16H14Cl2FNO4S/c1-2-24-16(21)11-7-6-10(8-14(11)18)20-25(22,23)9-12-13(17)4-3-5-15(12)19/h3-8,20H,2,9H2,1H3. The monoisotopic (exact) mass is 405 g/mol. The number of carbonyl (C=O) groups is 1. The molecule has 0 bridgehead atoms. The number of anilines is 1. The van der Waals surface area contributed by atoms with Gasteiger partial charge in [0.2, 0.25) is 10.0 Å². The summed E-state index contributed by atoms with van der Waals surface area (Å²) in [5.74, 6) is -1.97. The predicted molar refractivity (Wildman–Crippen MR) is 95.1 cm³/mol. The van der Waals surface area contributed by atoms with Gasteiger partial charge in [0.15, 0.2) is 0 Å². The molecule has 0 aromatic heterocycles. The molecular weight excluding hydrogens is 392 g/mol. The normalized spacial score (nSPS) is 11.2. The summed E-state index contributed by atoms with van der Waals surface area (Å²) in [4.78, 5) is 11.7. The lowest BCUT2D eigenvalue weighted by molar-refractivity contribution is 0.0526. The largest absolute Gasteiger partial charge is 0.462 e. The average molecular weight is 406 g/mol. The molecule has 0 spiro atoms. The van der Waals surface area contributed by atoms with Crippen LogP contribution in [0.5, 0.6) is 0 Å². The first-order valence-corrected chi connectivity index (χ1v) is 9.54. The molecule has 0 aliphatic heterocycles. The molecule has 5 nitrogen and oxygen atoms in total. The van der Waals surface area contributed by atoms with E-state index in [1.165, 1.54) is 30.3 Å². The number of nitrogens with one attached hydrogen (secondary N) is 1. The molecule has 9 heteroatoms. The minimum atomic E-state index is -3.94. The molecule has 25 heavy (non-hydrogen) atoms. The van der Waals surface area contributed by atoms with E-state index in [0.29, 0.717) is 0 Å². The first kappa shape index (κ1) is 19.5. The van der Waals surface area contributed by atoms with Gasteiger partial charge in [0, 0.05) is 10.6 Å². The van der Waals surface area contributed by atoms with E-state index in [4.69, 9.17) is 27.9 Å². The number of halogens is 3. The number of sulfonamides is 1. The van der Waals surface area contributed by atoms with Crippen LogP contribution in [0.4, 0.5) is 10.1 Å². The van der Waals surface area contributed by atoms with Gasteiger partial charge in [-0.05, 0) is 37.3 Å². The van der Waals surface area contributed by atoms with Crippen LogP contribution in [0.1, 0.15) is 22.8 Å². The van der Waals surface area contributed by atoms with Gasteiger partial charge < -0.3 is 4.74 Å². The molecule has 0 heterocycles. The van der Waals surface area contributed by atoms with Crippen LogP contribution in [-0.4, -0.2) is 21.0 Å². The minimum Gasteiger partial charge on any atom is -0.462 e. The molecular formula is C16H14Cl2FNO4S. The molecule has 2 aromatic carbocycles. The number of esters is 1. The summed E-state index contributed by atoms with van der Waals surface area (Å²) in [6.45, 7) is 1.84. The van der Waals surface area contributed by atoms with Crippen molar-refractivity contribution in [2.75, 3.05) is 11.3 Å². The smallest absolute Gasteiger partial charge is 0.339 e. The lowest BCUT2D eigenvalue weighted by atomic mass is 10.2. The van der Waals surface area contributed by atoms with Gasteiger partial charge in [0.25, 0.3) is 0 Å². The van der Waals surface area contributed by atoms with Crippen molar-refractivity contribution in [3.63, 3.8) is 0 Å². The van der Waals surface area contributed by atoms with Crippen LogP contribution >= 0.6 is 23.2 Å². The van der Waals surface area contributed by atoms with E-state index in [1.54, 1.807) is 6.92 Å². The fourth-order valence-electron chi connectivity index (χ4n) is 2.03. The maximum Gasteiger partial charge on any atom is 0.339 e. The van der Waals surface area contributed by atoms with Gasteiger partial charge in [-0.1, -0.05) is 29.3 Å². The molecule has 2 rings (SSSR count). The van der Waals surface area contributed by atoms with Gasteiger partial charge in [-0.2, -0.15) is 0 Å². The van der Waals surface area contributed by atoms with Crippen molar-refractivity contribution < 1.29 is 22.3 Å². The molecule has 2 aromatic rings. The predicted octanol–water partition coefficient (Wildman–Crippen LogP) is 4.25. The number of hydrogen-bond acceptors (Lipinski definition) is 4. The molecule has 134 valence electrons. The molecule has 0 amide bonds. The summed E-state index contributed by atoms with van der Waals surface area (Å²) < 4.78 is 45.3. The lowest BCUT2D eigenvalue weighted by Gasteiger charge is -2.11. The molecule has 1 N–H and O–H groups in total. The van der Waals surface area contributed by atoms with Crippen LogP contribution < -0.4 is 4.72 Å². The number of ether oxygens (including phenoxy) is 1. The zero-order valence-electron chi connectivity index (χ0n) is 13.1. The van der Waals surface area contributed by atoms with Crippen molar-refractivity contribution in [1.29, 1.82) is 0 Å². The van der Waals surface area contributed by atoms with Crippen molar-refractivity contribution >= 4 is 44.9 Å². The van der Waals surface area contributed by atoms with Gasteiger partial charge in [-0.25, -0.2) is 17.6 Å². The minimum absolute atomic E-state index is 0.0149. The van der Waals surface area contributed by atoms with Crippen LogP contribution in [0.2, 0.25) is 10.0 Å². The fourth-order valence-corrected chi connectivity index (χ4v) is 3.83. The Labute approximate surface area is 154 Å². The Bertz CT molecular complexity index is 883. The van der Waals surface area contributed by atoms with Gasteiger partial charge >= 0.3 is 5.97 Å². The van der Waals surface area contributed by atoms with Crippen molar-refractivity contribution in [1.82, 2.24) is 0 Å². The van der Waals surface area contributed by atoms with Gasteiger partial charge in [-0.3, -0.25) is 4.72 Å². The highest BCUT2D eigenvalue weighted by Crippen LogP contribution is 2.25. The number of benzene rings is 2. The summed E-state index contributed by atoms with van der Waals surface area (Å²) in [7, 11) is -3.94. The molecule has 0 radical (unpaired) electrons. The van der Waals surface area contributed by atoms with Crippen molar-refractivity contribution in [2.24, 2.45) is 0 Å². The first-order valence-electron chi connectivity index (χ1n) is 7.13. The first-order chi connectivity index (χ1) is 11.7. The van der Waals surface area contributed by atoms with E-state index in [0.717, 1.165) is 6.07 Å². The zero-order chi connectivity index (χ0) is 18.6. The second kappa shape index (κ2) is 8.03. The van der Waals surface area contributed by atoms with Gasteiger partial charge in [0.05, 0.1) is 28.6 Å². The van der Waals surface area contributed by atoms with Gasteiger partial charge in [-0.15, -0.1) is 0 Å². The van der Waals surface area contributed by atoms with Crippen molar-refractivity contribution in [3.8, 4) is 0 Å². The summed E-state index contributed by atoms with van der Waals surface area (Å²) in [6, 6.07) is 7.89. The maximum atomic E-state index is 13.7. The highest BCUT2D eigenvalue weighted by Gasteiger charge is 2.19. The zero-order valence-corrected chi connectivity index (χ0v) is 15.4. The summed E-state index contributed by atoms with van der Waals surface area (Å²) in [5.41, 5.74) is 0.111. The van der Waals surface area contributed by atoms with E-state index in [-0.39, 0.29) is 33.5 Å². The lowest BCUT2D eigenvalue weighted by Crippen LogP contribution is -2.16. The van der Waals surface area contributed by atoms with Crippen molar-refractivity contribution in [3.05, 3.63) is 63.4 Å². The highest BCUT2D eigenvalue weighted by molar-refractivity contribution is 7.91. The average Bonchev–Trinajstić information content (AvgIpc) is 2.51. The number of carbonyl (C=O) groups excluding carboxylic acids is 1. The molecule has 0 atom stereocenters. The Morgan fingerprint density at radius 1 is 1.20 bits per heavy atom. The summed E-state index contributed by atoms with van der Waals surface area (Å²) in [5, 5.41) is 0.0450. The molecule has 0 unspecified atom stereocenters. The molecule has 0 saturated heterocycles. The topological polar surface area (TPSA) is 72.5 Å². The SMILES string of the molecule is CCOC(=O)c1ccc(NS(=O)(=O)Cc2c(F)cccc2Cl)cc1Cl.